The molecule has 164 valence electrons. The van der Waals surface area contributed by atoms with Gasteiger partial charge in [0, 0.05) is 0 Å². The molecule has 29 heavy (non-hydrogen) atoms. The van der Waals surface area contributed by atoms with Gasteiger partial charge >= 0.3 is 177 Å². The fourth-order valence-corrected chi connectivity index (χ4v) is 5.59. The van der Waals surface area contributed by atoms with Crippen LogP contribution < -0.4 is 0 Å². The number of aliphatic hydroxyl groups excluding tert-OH is 3. The van der Waals surface area contributed by atoms with Crippen LogP contribution in [-0.2, 0) is 25.8 Å². The maximum atomic E-state index is 10.9. The van der Waals surface area contributed by atoms with Gasteiger partial charge in [0.2, 0.25) is 0 Å². The van der Waals surface area contributed by atoms with E-state index in [0.717, 1.165) is 12.8 Å². The Morgan fingerprint density at radius 2 is 1.90 bits per heavy atom. The van der Waals surface area contributed by atoms with Gasteiger partial charge in [-0.05, 0) is 0 Å². The van der Waals surface area contributed by atoms with Crippen molar-refractivity contribution >= 4 is 30.0 Å². The average molecular weight is 496 g/mol. The van der Waals surface area contributed by atoms with Gasteiger partial charge in [-0.25, -0.2) is 0 Å². The van der Waals surface area contributed by atoms with Gasteiger partial charge in [0.05, 0.1) is 0 Å². The molecular weight excluding hydrogens is 469 g/mol. The topological polar surface area (TPSA) is 146 Å². The summed E-state index contributed by atoms with van der Waals surface area (Å²) in [4.78, 5) is 0. The van der Waals surface area contributed by atoms with Gasteiger partial charge in [-0.1, -0.05) is 0 Å². The Kier molecular flexibility index (Phi) is 9.51. The predicted octanol–water partition coefficient (Wildman–Crippen LogP) is 0.312. The van der Waals surface area contributed by atoms with Gasteiger partial charge in [0.15, 0.2) is 0 Å². The van der Waals surface area contributed by atoms with Crippen LogP contribution in [0.25, 0.3) is 0 Å². The third-order valence-corrected chi connectivity index (χ3v) is 7.40. The molecule has 0 radical (unpaired) electrons. The molecule has 0 bridgehead atoms. The fourth-order valence-electron chi connectivity index (χ4n) is 2.97. The molecule has 0 amide bonds. The van der Waals surface area contributed by atoms with Crippen LogP contribution in [0.3, 0.4) is 0 Å². The minimum atomic E-state index is -4.75. The van der Waals surface area contributed by atoms with Crippen LogP contribution in [0.15, 0.2) is 35.5 Å². The van der Waals surface area contributed by atoms with Crippen LogP contribution in [-0.4, -0.2) is 77.8 Å². The summed E-state index contributed by atoms with van der Waals surface area (Å²) in [6.07, 6.45) is -0.228. The number of benzene rings is 1. The van der Waals surface area contributed by atoms with Gasteiger partial charge < -0.3 is 0 Å². The molecule has 5 atom stereocenters. The fraction of sp³-hybridized carbons (Fsp3) is 0.611. The van der Waals surface area contributed by atoms with E-state index in [1.807, 2.05) is 30.3 Å². The van der Waals surface area contributed by atoms with Gasteiger partial charge in [0.1, 0.15) is 0 Å². The summed E-state index contributed by atoms with van der Waals surface area (Å²) in [5.41, 5.74) is 1.18. The summed E-state index contributed by atoms with van der Waals surface area (Å²) in [6, 6.07) is 9.89. The number of nitrogens with zero attached hydrogens (tertiary/aromatic N) is 1. The number of hydrogen-bond acceptors (Lipinski definition) is 8. The van der Waals surface area contributed by atoms with Crippen molar-refractivity contribution in [3.8, 4) is 0 Å². The zero-order chi connectivity index (χ0) is 21.4. The van der Waals surface area contributed by atoms with Gasteiger partial charge in [-0.3, -0.25) is 0 Å². The third-order valence-electron chi connectivity index (χ3n) is 4.68. The van der Waals surface area contributed by atoms with E-state index < -0.39 is 54.6 Å². The molecule has 1 aromatic carbocycles. The quantitative estimate of drug-likeness (QED) is 0.119. The van der Waals surface area contributed by atoms with Crippen molar-refractivity contribution in [1.29, 1.82) is 0 Å². The number of oxime groups is 1. The predicted molar refractivity (Wildman–Crippen MR) is 107 cm³/mol. The molecule has 1 saturated heterocycles. The molecule has 1 aliphatic heterocycles. The molecule has 0 spiro atoms. The van der Waals surface area contributed by atoms with E-state index >= 15 is 0 Å². The molecule has 4 N–H and O–H groups in total. The van der Waals surface area contributed by atoms with Gasteiger partial charge in [-0.2, -0.15) is 0 Å². The van der Waals surface area contributed by atoms with Crippen LogP contribution in [0.1, 0.15) is 31.7 Å². The number of unbranched alkanes of at least 4 members (excludes halogenated alkanes) is 1. The summed E-state index contributed by atoms with van der Waals surface area (Å²) >= 11 is -0.689. The van der Waals surface area contributed by atoms with Crippen LogP contribution in [0, 0.1) is 5.92 Å². The van der Waals surface area contributed by atoms with Crippen LogP contribution in [0.2, 0.25) is 0 Å². The van der Waals surface area contributed by atoms with Gasteiger partial charge in [0.25, 0.3) is 0 Å². The second-order valence-corrected chi connectivity index (χ2v) is 10.3. The Morgan fingerprint density at radius 1 is 1.21 bits per heavy atom. The Bertz CT molecular complexity index is 758. The minimum absolute atomic E-state index is 0.317. The van der Waals surface area contributed by atoms with Crippen molar-refractivity contribution in [2.45, 2.75) is 55.9 Å². The first-order valence-electron chi connectivity index (χ1n) is 9.27. The van der Waals surface area contributed by atoms with Crippen molar-refractivity contribution in [3.63, 3.8) is 0 Å². The summed E-state index contributed by atoms with van der Waals surface area (Å²) in [5, 5.41) is 32.6. The van der Waals surface area contributed by atoms with Crippen LogP contribution in [0.4, 0.5) is 0 Å². The summed E-state index contributed by atoms with van der Waals surface area (Å²) in [7, 11) is -4.75. The van der Waals surface area contributed by atoms with E-state index in [0.29, 0.717) is 17.5 Å². The normalized spacial score (nSPS) is 28.3. The Morgan fingerprint density at radius 3 is 2.52 bits per heavy atom. The molecule has 0 aromatic heterocycles. The van der Waals surface area contributed by atoms with E-state index in [1.165, 1.54) is 5.56 Å². The van der Waals surface area contributed by atoms with E-state index in [2.05, 4.69) is 9.44 Å². The van der Waals surface area contributed by atoms with Crippen molar-refractivity contribution < 1.29 is 37.3 Å². The number of ether oxygens (including phenoxy) is 1. The molecule has 1 heterocycles. The molecular formula is C18H27NO8SSe. The van der Waals surface area contributed by atoms with Crippen LogP contribution >= 0.6 is 0 Å². The number of aliphatic hydroxyl groups is 3. The van der Waals surface area contributed by atoms with E-state index in [-0.39, 0.29) is 6.61 Å². The molecule has 0 saturated carbocycles. The summed E-state index contributed by atoms with van der Waals surface area (Å²) in [5.74, 6) is -0.456. The molecule has 2 rings (SSSR count). The van der Waals surface area contributed by atoms with Gasteiger partial charge in [-0.15, -0.1) is 0 Å². The summed E-state index contributed by atoms with van der Waals surface area (Å²) < 4.78 is 40.7. The molecule has 2 unspecified atom stereocenters. The molecule has 1 fully saturated rings. The van der Waals surface area contributed by atoms with Crippen molar-refractivity contribution in [3.05, 3.63) is 35.9 Å². The number of rotatable bonds is 10. The first kappa shape index (κ1) is 24.2. The standard InChI is InChI=1S/C18H27NO8SSe/c1-12-14(11-20)26-18(17(22)16(12)21)29-15(19-27-28(23,24)25)10-6-5-9-13-7-3-2-4-8-13/h2-4,7-8,12,14,16-18,20-22H,5-6,9-11H2,1H3,(H,23,24,25)/b19-15-/t12?,14?,16-,17+,18+/m0/s1. The maximum absolute atomic E-state index is 10.9. The molecule has 1 aromatic rings. The average Bonchev–Trinajstić information content (AvgIpc) is 2.69. The second-order valence-electron chi connectivity index (χ2n) is 6.86. The third kappa shape index (κ3) is 7.95. The first-order valence-corrected chi connectivity index (χ1v) is 12.5. The van der Waals surface area contributed by atoms with E-state index in [9.17, 15) is 23.7 Å². The molecule has 9 nitrogen and oxygen atoms in total. The number of aryl methyl sites for hydroxylation is 1. The number of hydrogen-bond donors (Lipinski definition) is 4. The zero-order valence-electron chi connectivity index (χ0n) is 16.0. The molecule has 0 aliphatic carbocycles. The Hall–Kier alpha value is -1.04. The van der Waals surface area contributed by atoms with Crippen LogP contribution in [0.5, 0.6) is 0 Å². The van der Waals surface area contributed by atoms with Crippen molar-refractivity contribution in [1.82, 2.24) is 0 Å². The van der Waals surface area contributed by atoms with Crippen molar-refractivity contribution in [2.75, 3.05) is 6.61 Å². The molecule has 11 heteroatoms. The SMILES string of the molecule is CC1C(CO)O[C@H]([Se]/C(CCCCc2ccccc2)=N\OS(=O)(=O)O)[C@H](O)[C@H]1O. The monoisotopic (exact) mass is 497 g/mol. The summed E-state index contributed by atoms with van der Waals surface area (Å²) in [6.45, 7) is 1.35. The first-order chi connectivity index (χ1) is 13.7. The Labute approximate surface area is 176 Å². The Balaban J connectivity index is 1.99. The molecule has 1 aliphatic rings. The zero-order valence-corrected chi connectivity index (χ0v) is 18.5. The van der Waals surface area contributed by atoms with E-state index in [4.69, 9.17) is 9.29 Å². The van der Waals surface area contributed by atoms with E-state index in [1.54, 1.807) is 6.92 Å². The second kappa shape index (κ2) is 11.4. The van der Waals surface area contributed by atoms with Crippen molar-refractivity contribution in [2.24, 2.45) is 11.1 Å².